The zero-order valence-electron chi connectivity index (χ0n) is 32.7. The summed E-state index contributed by atoms with van der Waals surface area (Å²) in [5, 5.41) is 10.2. The fourth-order valence-electron chi connectivity index (χ4n) is 9.09. The van der Waals surface area contributed by atoms with E-state index in [4.69, 9.17) is 15.0 Å². The van der Waals surface area contributed by atoms with Crippen LogP contribution in [0.3, 0.4) is 0 Å². The number of fused-ring (bicyclic) bond motifs is 7. The van der Waals surface area contributed by atoms with Crippen LogP contribution in [0.25, 0.3) is 99.3 Å². The lowest BCUT2D eigenvalue weighted by atomic mass is 9.81. The third-order valence-electron chi connectivity index (χ3n) is 12.0. The van der Waals surface area contributed by atoms with E-state index in [1.54, 1.807) is 0 Å². The van der Waals surface area contributed by atoms with Crippen molar-refractivity contribution in [2.24, 2.45) is 5.92 Å². The van der Waals surface area contributed by atoms with Gasteiger partial charge in [-0.15, -0.1) is 0 Å². The van der Waals surface area contributed by atoms with Gasteiger partial charge in [-0.2, -0.15) is 0 Å². The van der Waals surface area contributed by atoms with Crippen molar-refractivity contribution in [3.8, 4) is 45.0 Å². The van der Waals surface area contributed by atoms with Crippen molar-refractivity contribution < 1.29 is 0 Å². The molecule has 11 rings (SSSR count). The fraction of sp³-hybridized carbons (Fsp3) is 0.0536. The maximum absolute atomic E-state index is 5.20. The fourth-order valence-corrected chi connectivity index (χ4v) is 9.09. The van der Waals surface area contributed by atoms with Crippen LogP contribution in [0.15, 0.2) is 200 Å². The van der Waals surface area contributed by atoms with Gasteiger partial charge in [0.1, 0.15) is 0 Å². The van der Waals surface area contributed by atoms with E-state index in [9.17, 15) is 0 Å². The van der Waals surface area contributed by atoms with E-state index in [-0.39, 0.29) is 5.92 Å². The van der Waals surface area contributed by atoms with Crippen molar-refractivity contribution in [2.75, 3.05) is 0 Å². The number of allylic oxidation sites excluding steroid dienone is 4. The Morgan fingerprint density at radius 1 is 0.373 bits per heavy atom. The molecular weight excluding hydrogens is 715 g/mol. The van der Waals surface area contributed by atoms with Gasteiger partial charge in [-0.05, 0) is 101 Å². The summed E-state index contributed by atoms with van der Waals surface area (Å²) in [4.78, 5) is 15.4. The summed E-state index contributed by atoms with van der Waals surface area (Å²) in [5.74, 6) is 2.22. The Hall–Kier alpha value is -7.49. The predicted octanol–water partition coefficient (Wildman–Crippen LogP) is 14.7. The largest absolute Gasteiger partial charge is 0.209 e. The standard InChI is InChI=1S/C56H39N3/c1-36-33-41(28-30-44(36)56-58-54(39-18-6-3-7-19-39)57-55(59-56)43-21-14-20-40(34-43)37-15-4-2-5-16-37)46-31-27-38-17-8-9-22-45(38)53(46)42-29-32-51-49-25-11-10-23-47(49)48-24-12-13-26-50(48)52(51)35-42/h2-32,34-36H,33H2,1H3. The van der Waals surface area contributed by atoms with Gasteiger partial charge < -0.3 is 0 Å². The van der Waals surface area contributed by atoms with Crippen LogP contribution in [-0.2, 0) is 0 Å². The Morgan fingerprint density at radius 3 is 1.61 bits per heavy atom. The van der Waals surface area contributed by atoms with Gasteiger partial charge in [0.05, 0.1) is 0 Å². The van der Waals surface area contributed by atoms with Gasteiger partial charge in [-0.25, -0.2) is 15.0 Å². The molecular formula is C56H39N3. The summed E-state index contributed by atoms with van der Waals surface area (Å²) in [6, 6.07) is 67.3. The summed E-state index contributed by atoms with van der Waals surface area (Å²) in [6.07, 6.45) is 5.40. The average molecular weight is 754 g/mol. The SMILES string of the molecule is CC1CC(c2ccc3ccccc3c2-c2ccc3c4ccccc4c4ccccc4c3c2)=CC=C1c1nc(-c2ccccc2)nc(-c2cccc(-c3ccccc3)c2)n1. The molecule has 278 valence electrons. The van der Waals surface area contributed by atoms with Gasteiger partial charge in [-0.1, -0.05) is 195 Å². The van der Waals surface area contributed by atoms with Crippen LogP contribution in [0.2, 0.25) is 0 Å². The monoisotopic (exact) mass is 753 g/mol. The smallest absolute Gasteiger partial charge is 0.164 e. The highest BCUT2D eigenvalue weighted by atomic mass is 15.0. The summed E-state index contributed by atoms with van der Waals surface area (Å²) in [7, 11) is 0. The van der Waals surface area contributed by atoms with E-state index < -0.39 is 0 Å². The molecule has 10 aromatic rings. The lowest BCUT2D eigenvalue weighted by Gasteiger charge is -2.24. The molecule has 9 aromatic carbocycles. The molecule has 0 radical (unpaired) electrons. The topological polar surface area (TPSA) is 38.7 Å². The normalized spacial score (nSPS) is 14.2. The van der Waals surface area contributed by atoms with Crippen LogP contribution in [0.1, 0.15) is 24.7 Å². The molecule has 3 nitrogen and oxygen atoms in total. The Morgan fingerprint density at radius 2 is 0.915 bits per heavy atom. The number of aromatic nitrogens is 3. The number of nitrogens with zero attached hydrogens (tertiary/aromatic N) is 3. The second-order valence-corrected chi connectivity index (χ2v) is 15.6. The summed E-state index contributed by atoms with van der Waals surface area (Å²) < 4.78 is 0. The summed E-state index contributed by atoms with van der Waals surface area (Å²) in [6.45, 7) is 2.30. The van der Waals surface area contributed by atoms with Gasteiger partial charge in [0.25, 0.3) is 0 Å². The van der Waals surface area contributed by atoms with Crippen molar-refractivity contribution in [3.05, 3.63) is 212 Å². The molecule has 0 N–H and O–H groups in total. The first-order valence-corrected chi connectivity index (χ1v) is 20.4. The van der Waals surface area contributed by atoms with Gasteiger partial charge in [0.2, 0.25) is 0 Å². The van der Waals surface area contributed by atoms with Gasteiger partial charge >= 0.3 is 0 Å². The molecule has 1 heterocycles. The summed E-state index contributed by atoms with van der Waals surface area (Å²) in [5.41, 5.74) is 10.4. The van der Waals surface area contributed by atoms with Crippen molar-refractivity contribution in [3.63, 3.8) is 0 Å². The summed E-state index contributed by atoms with van der Waals surface area (Å²) >= 11 is 0. The lowest BCUT2D eigenvalue weighted by molar-refractivity contribution is 0.759. The molecule has 1 aromatic heterocycles. The van der Waals surface area contributed by atoms with Crippen LogP contribution < -0.4 is 0 Å². The Labute approximate surface area is 343 Å². The average Bonchev–Trinajstić information content (AvgIpc) is 3.31. The molecule has 0 aliphatic heterocycles. The first-order valence-electron chi connectivity index (χ1n) is 20.4. The number of rotatable bonds is 6. The first kappa shape index (κ1) is 34.7. The second kappa shape index (κ2) is 14.5. The zero-order valence-corrected chi connectivity index (χ0v) is 32.7. The Kier molecular flexibility index (Phi) is 8.52. The van der Waals surface area contributed by atoms with E-state index in [0.29, 0.717) is 17.5 Å². The van der Waals surface area contributed by atoms with Crippen molar-refractivity contribution in [1.29, 1.82) is 0 Å². The quantitative estimate of drug-likeness (QED) is 0.159. The molecule has 1 aliphatic carbocycles. The maximum Gasteiger partial charge on any atom is 0.164 e. The Bertz CT molecular complexity index is 3270. The molecule has 1 unspecified atom stereocenters. The number of benzene rings is 9. The molecule has 3 heteroatoms. The number of hydrogen-bond acceptors (Lipinski definition) is 3. The molecule has 0 bridgehead atoms. The highest BCUT2D eigenvalue weighted by Crippen LogP contribution is 2.44. The first-order chi connectivity index (χ1) is 29.2. The molecule has 1 atom stereocenters. The minimum Gasteiger partial charge on any atom is -0.209 e. The minimum atomic E-state index is 0.163. The minimum absolute atomic E-state index is 0.163. The van der Waals surface area contributed by atoms with Gasteiger partial charge in [0, 0.05) is 16.7 Å². The van der Waals surface area contributed by atoms with Crippen molar-refractivity contribution in [1.82, 2.24) is 15.0 Å². The van der Waals surface area contributed by atoms with E-state index in [1.807, 2.05) is 24.3 Å². The van der Waals surface area contributed by atoms with Crippen molar-refractivity contribution >= 4 is 54.2 Å². The van der Waals surface area contributed by atoms with Crippen LogP contribution in [0.5, 0.6) is 0 Å². The molecule has 0 saturated heterocycles. The maximum atomic E-state index is 5.20. The zero-order chi connectivity index (χ0) is 39.3. The molecule has 0 spiro atoms. The number of hydrogen-bond donors (Lipinski definition) is 0. The predicted molar refractivity (Wildman–Crippen MR) is 248 cm³/mol. The van der Waals surface area contributed by atoms with Crippen LogP contribution in [0, 0.1) is 5.92 Å². The lowest BCUT2D eigenvalue weighted by Crippen LogP contribution is -2.10. The molecule has 0 fully saturated rings. The van der Waals surface area contributed by atoms with Gasteiger partial charge in [0.15, 0.2) is 17.5 Å². The molecule has 59 heavy (non-hydrogen) atoms. The van der Waals surface area contributed by atoms with Gasteiger partial charge in [-0.3, -0.25) is 0 Å². The van der Waals surface area contributed by atoms with E-state index in [1.165, 1.54) is 65.4 Å². The van der Waals surface area contributed by atoms with Crippen LogP contribution in [-0.4, -0.2) is 15.0 Å². The Balaban J connectivity index is 1.06. The third kappa shape index (κ3) is 6.20. The van der Waals surface area contributed by atoms with Crippen LogP contribution >= 0.6 is 0 Å². The van der Waals surface area contributed by atoms with E-state index in [0.717, 1.165) is 34.2 Å². The van der Waals surface area contributed by atoms with Crippen molar-refractivity contribution in [2.45, 2.75) is 13.3 Å². The molecule has 1 aliphatic rings. The molecule has 0 saturated carbocycles. The van der Waals surface area contributed by atoms with E-state index in [2.05, 4.69) is 183 Å². The highest BCUT2D eigenvalue weighted by Gasteiger charge is 2.24. The highest BCUT2D eigenvalue weighted by molar-refractivity contribution is 6.26. The van der Waals surface area contributed by atoms with E-state index >= 15 is 0 Å². The second-order valence-electron chi connectivity index (χ2n) is 15.6. The molecule has 0 amide bonds. The van der Waals surface area contributed by atoms with Crippen LogP contribution in [0.4, 0.5) is 0 Å². The third-order valence-corrected chi connectivity index (χ3v) is 12.0.